The molecule has 0 atom stereocenters. The van der Waals surface area contributed by atoms with Gasteiger partial charge in [-0.15, -0.1) is 0 Å². The predicted octanol–water partition coefficient (Wildman–Crippen LogP) is 1.70. The van der Waals surface area contributed by atoms with Crippen molar-refractivity contribution in [2.24, 2.45) is 0 Å². The second-order valence-corrected chi connectivity index (χ2v) is 3.08. The van der Waals surface area contributed by atoms with Crippen molar-refractivity contribution >= 4 is 11.5 Å². The summed E-state index contributed by atoms with van der Waals surface area (Å²) >= 11 is 0. The smallest absolute Gasteiger partial charge is 0.329 e. The van der Waals surface area contributed by atoms with E-state index in [9.17, 15) is 4.79 Å². The summed E-state index contributed by atoms with van der Waals surface area (Å²) in [5.41, 5.74) is 0.519. The highest BCUT2D eigenvalue weighted by molar-refractivity contribution is 5.94. The van der Waals surface area contributed by atoms with Gasteiger partial charge < -0.3 is 14.6 Å². The van der Waals surface area contributed by atoms with Gasteiger partial charge in [-0.25, -0.2) is 4.79 Å². The third-order valence-corrected chi connectivity index (χ3v) is 2.08. The van der Waals surface area contributed by atoms with E-state index < -0.39 is 5.97 Å². The highest BCUT2D eigenvalue weighted by Gasteiger charge is 2.08. The van der Waals surface area contributed by atoms with E-state index in [0.29, 0.717) is 17.1 Å². The summed E-state index contributed by atoms with van der Waals surface area (Å²) in [5.74, 6) is -0.211. The molecular weight excluding hydrogens is 222 g/mol. The first-order valence-corrected chi connectivity index (χ1v) is 4.69. The Morgan fingerprint density at radius 2 is 2.00 bits per heavy atom. The normalized spacial score (nSPS) is 10.5. The maximum absolute atomic E-state index is 10.5. The van der Waals surface area contributed by atoms with E-state index in [1.165, 1.54) is 14.2 Å². The van der Waals surface area contributed by atoms with Crippen LogP contribution in [0.1, 0.15) is 5.56 Å². The van der Waals surface area contributed by atoms with Gasteiger partial charge in [0.25, 0.3) is 0 Å². The van der Waals surface area contributed by atoms with Crippen LogP contribution < -0.4 is 9.47 Å². The van der Waals surface area contributed by atoms with E-state index in [-0.39, 0.29) is 5.57 Å². The zero-order chi connectivity index (χ0) is 12.8. The fourth-order valence-electron chi connectivity index (χ4n) is 1.31. The van der Waals surface area contributed by atoms with Crippen LogP contribution in [-0.4, -0.2) is 25.3 Å². The van der Waals surface area contributed by atoms with Gasteiger partial charge in [0.05, 0.1) is 19.8 Å². The minimum atomic E-state index is -1.17. The number of hydrogen-bond donors (Lipinski definition) is 1. The maximum Gasteiger partial charge on any atom is 0.329 e. The molecule has 17 heavy (non-hydrogen) atoms. The van der Waals surface area contributed by atoms with E-state index in [1.807, 2.05) is 6.07 Å². The predicted molar refractivity (Wildman–Crippen MR) is 60.8 cm³/mol. The third-order valence-electron chi connectivity index (χ3n) is 2.08. The van der Waals surface area contributed by atoms with Crippen molar-refractivity contribution in [3.8, 4) is 17.6 Å². The van der Waals surface area contributed by atoms with Crippen molar-refractivity contribution in [3.05, 3.63) is 29.8 Å². The van der Waals surface area contributed by atoms with Crippen LogP contribution in [0, 0.1) is 11.3 Å². The summed E-state index contributed by atoms with van der Waals surface area (Å²) in [7, 11) is 2.96. The van der Waals surface area contributed by atoms with Gasteiger partial charge in [-0.2, -0.15) is 5.26 Å². The standard InChI is InChI=1S/C12H11NO4/c1-16-10-4-3-8(5-11(10)17-2)9(7-13)6-12(14)15/h3-6H,1-2H3,(H,14,15)/b9-6+. The summed E-state index contributed by atoms with van der Waals surface area (Å²) in [6.45, 7) is 0. The number of allylic oxidation sites excluding steroid dienone is 1. The van der Waals surface area contributed by atoms with E-state index in [2.05, 4.69) is 0 Å². The number of aliphatic carboxylic acids is 1. The lowest BCUT2D eigenvalue weighted by Crippen LogP contribution is -1.94. The quantitative estimate of drug-likeness (QED) is 0.632. The second-order valence-electron chi connectivity index (χ2n) is 3.08. The number of carboxylic acids is 1. The molecule has 0 saturated carbocycles. The van der Waals surface area contributed by atoms with Crippen molar-refractivity contribution in [3.63, 3.8) is 0 Å². The van der Waals surface area contributed by atoms with Crippen LogP contribution in [0.2, 0.25) is 0 Å². The van der Waals surface area contributed by atoms with Gasteiger partial charge in [-0.1, -0.05) is 0 Å². The van der Waals surface area contributed by atoms with E-state index in [4.69, 9.17) is 19.8 Å². The first-order valence-electron chi connectivity index (χ1n) is 4.69. The van der Waals surface area contributed by atoms with Crippen LogP contribution in [0.15, 0.2) is 24.3 Å². The molecule has 0 spiro atoms. The molecular formula is C12H11NO4. The SMILES string of the molecule is COc1ccc(/C(C#N)=C/C(=O)O)cc1OC. The molecule has 0 aliphatic heterocycles. The maximum atomic E-state index is 10.5. The first kappa shape index (κ1) is 12.6. The van der Waals surface area contributed by atoms with Crippen LogP contribution in [-0.2, 0) is 4.79 Å². The lowest BCUT2D eigenvalue weighted by Gasteiger charge is -2.08. The first-order chi connectivity index (χ1) is 8.12. The Morgan fingerprint density at radius 3 is 2.47 bits per heavy atom. The Hall–Kier alpha value is -2.48. The molecule has 0 unspecified atom stereocenters. The van der Waals surface area contributed by atoms with Crippen molar-refractivity contribution in [2.75, 3.05) is 14.2 Å². The Kier molecular flexibility index (Phi) is 4.12. The van der Waals surface area contributed by atoms with Crippen LogP contribution in [0.5, 0.6) is 11.5 Å². The lowest BCUT2D eigenvalue weighted by atomic mass is 10.1. The van der Waals surface area contributed by atoms with Gasteiger partial charge in [0.2, 0.25) is 0 Å². The minimum absolute atomic E-state index is 0.0541. The zero-order valence-electron chi connectivity index (χ0n) is 9.43. The fraction of sp³-hybridized carbons (Fsp3) is 0.167. The highest BCUT2D eigenvalue weighted by Crippen LogP contribution is 2.30. The molecule has 0 saturated heterocycles. The van der Waals surface area contributed by atoms with Crippen LogP contribution in [0.4, 0.5) is 0 Å². The van der Waals surface area contributed by atoms with Gasteiger partial charge in [-0.05, 0) is 23.8 Å². The van der Waals surface area contributed by atoms with Gasteiger partial charge in [-0.3, -0.25) is 0 Å². The monoisotopic (exact) mass is 233 g/mol. The van der Waals surface area contributed by atoms with Crippen molar-refractivity contribution in [1.82, 2.24) is 0 Å². The molecule has 1 aromatic carbocycles. The average Bonchev–Trinajstić information content (AvgIpc) is 2.34. The molecule has 0 amide bonds. The molecule has 1 aromatic rings. The summed E-state index contributed by atoms with van der Waals surface area (Å²) in [4.78, 5) is 10.5. The summed E-state index contributed by atoms with van der Waals surface area (Å²) in [6.07, 6.45) is 0.848. The second kappa shape index (κ2) is 5.56. The summed E-state index contributed by atoms with van der Waals surface area (Å²) in [6, 6.07) is 6.58. The Bertz CT molecular complexity index is 500. The number of rotatable bonds is 4. The number of ether oxygens (including phenoxy) is 2. The number of carboxylic acid groups (broad SMARTS) is 1. The Morgan fingerprint density at radius 1 is 1.35 bits per heavy atom. The van der Waals surface area contributed by atoms with Gasteiger partial charge in [0.1, 0.15) is 6.07 Å². The van der Waals surface area contributed by atoms with Crippen LogP contribution >= 0.6 is 0 Å². The van der Waals surface area contributed by atoms with E-state index >= 15 is 0 Å². The molecule has 0 fully saturated rings. The fourth-order valence-corrected chi connectivity index (χ4v) is 1.31. The van der Waals surface area contributed by atoms with E-state index in [0.717, 1.165) is 6.08 Å². The largest absolute Gasteiger partial charge is 0.493 e. The highest BCUT2D eigenvalue weighted by atomic mass is 16.5. The van der Waals surface area contributed by atoms with Crippen molar-refractivity contribution in [2.45, 2.75) is 0 Å². The number of benzene rings is 1. The summed E-state index contributed by atoms with van der Waals surface area (Å²) in [5, 5.41) is 17.5. The topological polar surface area (TPSA) is 79.5 Å². The van der Waals surface area contributed by atoms with Gasteiger partial charge in [0.15, 0.2) is 11.5 Å². The lowest BCUT2D eigenvalue weighted by molar-refractivity contribution is -0.131. The molecule has 0 aliphatic rings. The number of hydrogen-bond acceptors (Lipinski definition) is 4. The van der Waals surface area contributed by atoms with Gasteiger partial charge >= 0.3 is 5.97 Å². The van der Waals surface area contributed by atoms with Gasteiger partial charge in [0, 0.05) is 6.08 Å². The van der Waals surface area contributed by atoms with Crippen LogP contribution in [0.25, 0.3) is 5.57 Å². The molecule has 0 aromatic heterocycles. The molecule has 1 N–H and O–H groups in total. The average molecular weight is 233 g/mol. The molecule has 1 rings (SSSR count). The molecule has 0 aliphatic carbocycles. The van der Waals surface area contributed by atoms with Crippen LogP contribution in [0.3, 0.4) is 0 Å². The molecule has 0 radical (unpaired) electrons. The zero-order valence-corrected chi connectivity index (χ0v) is 9.43. The van der Waals surface area contributed by atoms with Crippen molar-refractivity contribution < 1.29 is 19.4 Å². The molecule has 0 heterocycles. The number of nitrogens with zero attached hydrogens (tertiary/aromatic N) is 1. The number of nitriles is 1. The molecule has 0 bridgehead atoms. The Labute approximate surface area is 98.5 Å². The van der Waals surface area contributed by atoms with E-state index in [1.54, 1.807) is 18.2 Å². The Balaban J connectivity index is 3.24. The minimum Gasteiger partial charge on any atom is -0.493 e. The molecule has 88 valence electrons. The third kappa shape index (κ3) is 2.98. The summed E-state index contributed by atoms with van der Waals surface area (Å²) < 4.78 is 10.1. The number of methoxy groups -OCH3 is 2. The molecule has 5 nitrogen and oxygen atoms in total. The molecule has 5 heteroatoms. The van der Waals surface area contributed by atoms with Crippen molar-refractivity contribution in [1.29, 1.82) is 5.26 Å². The number of carbonyl (C=O) groups is 1.